The molecule has 0 aliphatic carbocycles. The summed E-state index contributed by atoms with van der Waals surface area (Å²) < 4.78 is 10.8. The Morgan fingerprint density at radius 2 is 1.92 bits per heavy atom. The van der Waals surface area contributed by atoms with Crippen LogP contribution < -0.4 is 4.74 Å². The van der Waals surface area contributed by atoms with E-state index in [9.17, 15) is 4.79 Å². The largest absolute Gasteiger partial charge is 0.496 e. The Morgan fingerprint density at radius 1 is 1.15 bits per heavy atom. The average Bonchev–Trinajstić information content (AvgIpc) is 3.38. The summed E-state index contributed by atoms with van der Waals surface area (Å²) in [7, 11) is 1.60. The van der Waals surface area contributed by atoms with Crippen molar-refractivity contribution in [1.82, 2.24) is 10.1 Å². The molecule has 5 heteroatoms. The molecule has 1 fully saturated rings. The molecule has 2 aromatic carbocycles. The van der Waals surface area contributed by atoms with E-state index in [4.69, 9.17) is 9.26 Å². The number of hydrogen-bond acceptors (Lipinski definition) is 4. The molecule has 1 atom stereocenters. The molecule has 4 rings (SSSR count). The highest BCUT2D eigenvalue weighted by molar-refractivity contribution is 6.00. The van der Waals surface area contributed by atoms with Crippen LogP contribution in [-0.4, -0.2) is 36.2 Å². The maximum atomic E-state index is 13.1. The third kappa shape index (κ3) is 2.96. The molecule has 3 aromatic rings. The number of aromatic nitrogens is 1. The van der Waals surface area contributed by atoms with E-state index in [1.807, 2.05) is 47.4 Å². The van der Waals surface area contributed by atoms with E-state index in [0.717, 1.165) is 18.5 Å². The average molecular weight is 348 g/mol. The Balaban J connectivity index is 1.58. The maximum absolute atomic E-state index is 13.1. The number of likely N-dealkylation sites (tertiary alicyclic amines) is 1. The normalized spacial score (nSPS) is 16.7. The minimum absolute atomic E-state index is 0.0504. The number of benzene rings is 2. The van der Waals surface area contributed by atoms with Crippen molar-refractivity contribution in [3.63, 3.8) is 0 Å². The van der Waals surface area contributed by atoms with E-state index in [0.29, 0.717) is 29.5 Å². The van der Waals surface area contributed by atoms with Crippen molar-refractivity contribution in [2.75, 3.05) is 20.2 Å². The molecule has 132 valence electrons. The zero-order valence-corrected chi connectivity index (χ0v) is 14.6. The molecule has 0 N–H and O–H groups in total. The molecule has 1 aliphatic heterocycles. The first kappa shape index (κ1) is 16.4. The van der Waals surface area contributed by atoms with Gasteiger partial charge in [0.2, 0.25) is 0 Å². The molecular formula is C21H20N2O3. The molecule has 1 saturated heterocycles. The molecule has 2 heterocycles. The number of para-hydroxylation sites is 1. The van der Waals surface area contributed by atoms with E-state index in [-0.39, 0.29) is 5.91 Å². The predicted octanol–water partition coefficient (Wildman–Crippen LogP) is 3.98. The van der Waals surface area contributed by atoms with Gasteiger partial charge in [0.25, 0.3) is 5.91 Å². The van der Waals surface area contributed by atoms with Gasteiger partial charge in [-0.25, -0.2) is 0 Å². The number of hydrogen-bond donors (Lipinski definition) is 0. The summed E-state index contributed by atoms with van der Waals surface area (Å²) in [5.74, 6) is 1.43. The first-order valence-electron chi connectivity index (χ1n) is 8.70. The second-order valence-electron chi connectivity index (χ2n) is 6.42. The fourth-order valence-corrected chi connectivity index (χ4v) is 3.53. The summed E-state index contributed by atoms with van der Waals surface area (Å²) >= 11 is 0. The number of rotatable bonds is 4. The summed E-state index contributed by atoms with van der Waals surface area (Å²) in [5.41, 5.74) is 2.48. The van der Waals surface area contributed by atoms with Gasteiger partial charge in [0.15, 0.2) is 5.76 Å². The fourth-order valence-electron chi connectivity index (χ4n) is 3.53. The van der Waals surface area contributed by atoms with Gasteiger partial charge in [-0.15, -0.1) is 0 Å². The molecule has 1 aliphatic rings. The second-order valence-corrected chi connectivity index (χ2v) is 6.42. The van der Waals surface area contributed by atoms with E-state index in [1.54, 1.807) is 7.11 Å². The minimum Gasteiger partial charge on any atom is -0.496 e. The lowest BCUT2D eigenvalue weighted by Crippen LogP contribution is -2.28. The summed E-state index contributed by atoms with van der Waals surface area (Å²) in [5, 5.41) is 3.87. The number of ether oxygens (including phenoxy) is 1. The Labute approximate surface area is 152 Å². The lowest BCUT2D eigenvalue weighted by Gasteiger charge is -2.16. The van der Waals surface area contributed by atoms with E-state index >= 15 is 0 Å². The number of nitrogens with zero attached hydrogens (tertiary/aromatic N) is 2. The standard InChI is InChI=1S/C21H20N2O3/c1-25-19-10-6-5-9-17(19)20-18(13-22-26-20)21(24)23-12-11-16(14-23)15-7-3-2-4-8-15/h2-10,13,16H,11-12,14H2,1H3. The zero-order chi connectivity index (χ0) is 17.9. The van der Waals surface area contributed by atoms with E-state index in [2.05, 4.69) is 17.3 Å². The minimum atomic E-state index is -0.0504. The molecular weight excluding hydrogens is 328 g/mol. The van der Waals surface area contributed by atoms with Gasteiger partial charge in [-0.1, -0.05) is 47.6 Å². The smallest absolute Gasteiger partial charge is 0.259 e. The van der Waals surface area contributed by atoms with Crippen LogP contribution in [0.25, 0.3) is 11.3 Å². The molecule has 5 nitrogen and oxygen atoms in total. The summed E-state index contributed by atoms with van der Waals surface area (Å²) in [6.45, 7) is 1.44. The van der Waals surface area contributed by atoms with E-state index < -0.39 is 0 Å². The van der Waals surface area contributed by atoms with Crippen LogP contribution in [0.5, 0.6) is 5.75 Å². The molecule has 1 unspecified atom stereocenters. The topological polar surface area (TPSA) is 55.6 Å². The van der Waals surface area contributed by atoms with Crippen molar-refractivity contribution >= 4 is 5.91 Å². The van der Waals surface area contributed by atoms with Crippen LogP contribution in [0.15, 0.2) is 65.3 Å². The van der Waals surface area contributed by atoms with Gasteiger partial charge in [0.05, 0.1) is 18.9 Å². The fraction of sp³-hybridized carbons (Fsp3) is 0.238. The van der Waals surface area contributed by atoms with Crippen LogP contribution in [0.4, 0.5) is 0 Å². The molecule has 26 heavy (non-hydrogen) atoms. The highest BCUT2D eigenvalue weighted by Gasteiger charge is 2.31. The number of methoxy groups -OCH3 is 1. The van der Waals surface area contributed by atoms with Crippen LogP contribution in [0.2, 0.25) is 0 Å². The van der Waals surface area contributed by atoms with Crippen LogP contribution in [-0.2, 0) is 0 Å². The predicted molar refractivity (Wildman–Crippen MR) is 98.2 cm³/mol. The van der Waals surface area contributed by atoms with E-state index in [1.165, 1.54) is 11.8 Å². The summed E-state index contributed by atoms with van der Waals surface area (Å²) in [6, 6.07) is 17.8. The third-order valence-electron chi connectivity index (χ3n) is 4.90. The van der Waals surface area contributed by atoms with Crippen molar-refractivity contribution in [2.24, 2.45) is 0 Å². The molecule has 0 spiro atoms. The van der Waals surface area contributed by atoms with Crippen molar-refractivity contribution < 1.29 is 14.1 Å². The molecule has 1 aromatic heterocycles. The van der Waals surface area contributed by atoms with Crippen LogP contribution in [0, 0.1) is 0 Å². The second kappa shape index (κ2) is 7.04. The molecule has 0 saturated carbocycles. The Bertz CT molecular complexity index is 904. The summed E-state index contributed by atoms with van der Waals surface area (Å²) in [6.07, 6.45) is 2.46. The van der Waals surface area contributed by atoms with Crippen molar-refractivity contribution in [3.05, 3.63) is 71.9 Å². The summed E-state index contributed by atoms with van der Waals surface area (Å²) in [4.78, 5) is 14.9. The monoisotopic (exact) mass is 348 g/mol. The van der Waals surface area contributed by atoms with Crippen molar-refractivity contribution in [1.29, 1.82) is 0 Å². The van der Waals surface area contributed by atoms with Crippen LogP contribution in [0.1, 0.15) is 28.3 Å². The highest BCUT2D eigenvalue weighted by Crippen LogP contribution is 2.34. The SMILES string of the molecule is COc1ccccc1-c1oncc1C(=O)N1CCC(c2ccccc2)C1. The zero-order valence-electron chi connectivity index (χ0n) is 14.6. The van der Waals surface area contributed by atoms with Crippen molar-refractivity contribution in [2.45, 2.75) is 12.3 Å². The van der Waals surface area contributed by atoms with Gasteiger partial charge in [0, 0.05) is 19.0 Å². The van der Waals surface area contributed by atoms with Gasteiger partial charge >= 0.3 is 0 Å². The molecule has 0 bridgehead atoms. The molecule has 0 radical (unpaired) electrons. The van der Waals surface area contributed by atoms with Crippen LogP contribution >= 0.6 is 0 Å². The third-order valence-corrected chi connectivity index (χ3v) is 4.90. The number of carbonyl (C=O) groups is 1. The van der Waals surface area contributed by atoms with Crippen LogP contribution in [0.3, 0.4) is 0 Å². The first-order chi connectivity index (χ1) is 12.8. The van der Waals surface area contributed by atoms with Gasteiger partial charge < -0.3 is 14.2 Å². The lowest BCUT2D eigenvalue weighted by molar-refractivity contribution is 0.0791. The van der Waals surface area contributed by atoms with Gasteiger partial charge in [0.1, 0.15) is 11.3 Å². The first-order valence-corrected chi connectivity index (χ1v) is 8.70. The maximum Gasteiger partial charge on any atom is 0.259 e. The quantitative estimate of drug-likeness (QED) is 0.716. The number of amides is 1. The van der Waals surface area contributed by atoms with Gasteiger partial charge in [-0.05, 0) is 24.1 Å². The Morgan fingerprint density at radius 3 is 2.73 bits per heavy atom. The van der Waals surface area contributed by atoms with Gasteiger partial charge in [-0.3, -0.25) is 4.79 Å². The molecule has 1 amide bonds. The van der Waals surface area contributed by atoms with Crippen molar-refractivity contribution in [3.8, 4) is 17.1 Å². The lowest BCUT2D eigenvalue weighted by atomic mass is 9.99. The Hall–Kier alpha value is -3.08. The van der Waals surface area contributed by atoms with Gasteiger partial charge in [-0.2, -0.15) is 0 Å². The highest BCUT2D eigenvalue weighted by atomic mass is 16.5. The number of carbonyl (C=O) groups excluding carboxylic acids is 1. The Kier molecular flexibility index (Phi) is 4.44.